The summed E-state index contributed by atoms with van der Waals surface area (Å²) in [5.74, 6) is -0.706. The summed E-state index contributed by atoms with van der Waals surface area (Å²) in [6.45, 7) is 1.80. The summed E-state index contributed by atoms with van der Waals surface area (Å²) in [5.41, 5.74) is 0.908. The van der Waals surface area contributed by atoms with E-state index in [1.165, 1.54) is 6.92 Å². The highest BCUT2D eigenvalue weighted by atomic mass is 35.5. The van der Waals surface area contributed by atoms with Gasteiger partial charge in [0.05, 0.1) is 0 Å². The summed E-state index contributed by atoms with van der Waals surface area (Å²) in [6.07, 6.45) is 1.02. The maximum absolute atomic E-state index is 12.6. The molecule has 0 atom stereocenters. The Morgan fingerprint density at radius 1 is 1.04 bits per heavy atom. The molecule has 1 saturated carbocycles. The van der Waals surface area contributed by atoms with E-state index in [-0.39, 0.29) is 17.6 Å². The van der Waals surface area contributed by atoms with Gasteiger partial charge in [0.2, 0.25) is 11.8 Å². The first-order valence-electron chi connectivity index (χ1n) is 8.36. The van der Waals surface area contributed by atoms with Crippen molar-refractivity contribution in [3.05, 3.63) is 64.7 Å². The Morgan fingerprint density at radius 3 is 2.35 bits per heavy atom. The molecule has 1 aliphatic carbocycles. The lowest BCUT2D eigenvalue weighted by Gasteiger charge is -2.16. The number of anilines is 1. The largest absolute Gasteiger partial charge is 0.351 e. The second kappa shape index (κ2) is 7.30. The van der Waals surface area contributed by atoms with Gasteiger partial charge in [-0.2, -0.15) is 0 Å². The Labute approximate surface area is 156 Å². The van der Waals surface area contributed by atoms with E-state index in [2.05, 4.69) is 10.6 Å². The van der Waals surface area contributed by atoms with Gasteiger partial charge in [0.25, 0.3) is 0 Å². The second-order valence-corrected chi connectivity index (χ2v) is 6.92. The number of benzene rings is 2. The molecule has 5 nitrogen and oxygen atoms in total. The molecule has 6 heteroatoms. The van der Waals surface area contributed by atoms with Crippen molar-refractivity contribution in [1.82, 2.24) is 5.32 Å². The third kappa shape index (κ3) is 3.94. The maximum Gasteiger partial charge on any atom is 0.240 e. The number of rotatable bonds is 6. The number of hydrogen-bond donors (Lipinski definition) is 2. The number of carbonyl (C=O) groups excluding carboxylic acids is 3. The molecule has 0 radical (unpaired) electrons. The fraction of sp³-hybridized carbons (Fsp3) is 0.250. The summed E-state index contributed by atoms with van der Waals surface area (Å²) in [7, 11) is 0. The van der Waals surface area contributed by atoms with Crippen LogP contribution in [0.4, 0.5) is 5.69 Å². The Hall–Kier alpha value is -2.66. The van der Waals surface area contributed by atoms with Crippen LogP contribution >= 0.6 is 11.6 Å². The first-order valence-corrected chi connectivity index (χ1v) is 8.74. The molecule has 0 aliphatic heterocycles. The second-order valence-electron chi connectivity index (χ2n) is 6.48. The minimum atomic E-state index is -1.03. The monoisotopic (exact) mass is 370 g/mol. The molecule has 2 aromatic rings. The van der Waals surface area contributed by atoms with Gasteiger partial charge in [-0.05, 0) is 49.6 Å². The SMILES string of the molecule is CC(=O)c1cccc(NC(=O)C2(C(=O)NCc3ccc(Cl)cc3)CC2)c1. The van der Waals surface area contributed by atoms with Gasteiger partial charge in [0.15, 0.2) is 5.78 Å². The molecule has 0 bridgehead atoms. The van der Waals surface area contributed by atoms with E-state index in [0.717, 1.165) is 5.56 Å². The molecule has 1 fully saturated rings. The first-order chi connectivity index (χ1) is 12.4. The van der Waals surface area contributed by atoms with Crippen molar-refractivity contribution >= 4 is 34.9 Å². The molecule has 0 spiro atoms. The molecule has 134 valence electrons. The van der Waals surface area contributed by atoms with Crippen LogP contribution in [0, 0.1) is 5.41 Å². The minimum Gasteiger partial charge on any atom is -0.351 e. The molecular formula is C20H19ClN2O3. The number of nitrogens with one attached hydrogen (secondary N) is 2. The topological polar surface area (TPSA) is 75.3 Å². The van der Waals surface area contributed by atoms with Crippen molar-refractivity contribution in [1.29, 1.82) is 0 Å². The molecular weight excluding hydrogens is 352 g/mol. The van der Waals surface area contributed by atoms with Crippen molar-refractivity contribution in [3.8, 4) is 0 Å². The van der Waals surface area contributed by atoms with Gasteiger partial charge in [-0.25, -0.2) is 0 Å². The zero-order valence-corrected chi connectivity index (χ0v) is 15.1. The van der Waals surface area contributed by atoms with Gasteiger partial charge >= 0.3 is 0 Å². The van der Waals surface area contributed by atoms with Gasteiger partial charge in [0.1, 0.15) is 5.41 Å². The lowest BCUT2D eigenvalue weighted by Crippen LogP contribution is -2.39. The zero-order chi connectivity index (χ0) is 18.7. The predicted octanol–water partition coefficient (Wildman–Crippen LogP) is 3.58. The summed E-state index contributed by atoms with van der Waals surface area (Å²) >= 11 is 5.84. The third-order valence-electron chi connectivity index (χ3n) is 4.51. The highest BCUT2D eigenvalue weighted by Gasteiger charge is 2.56. The van der Waals surface area contributed by atoms with Crippen LogP contribution in [0.3, 0.4) is 0 Å². The Morgan fingerprint density at radius 2 is 1.73 bits per heavy atom. The normalized spacial score (nSPS) is 14.4. The van der Waals surface area contributed by atoms with E-state index >= 15 is 0 Å². The average molecular weight is 371 g/mol. The summed E-state index contributed by atoms with van der Waals surface area (Å²) in [4.78, 5) is 36.6. The smallest absolute Gasteiger partial charge is 0.240 e. The predicted molar refractivity (Wildman–Crippen MR) is 100 cm³/mol. The highest BCUT2D eigenvalue weighted by molar-refractivity contribution is 6.30. The van der Waals surface area contributed by atoms with Crippen molar-refractivity contribution < 1.29 is 14.4 Å². The molecule has 26 heavy (non-hydrogen) atoms. The number of Topliss-reactive ketones (excluding diaryl/α,β-unsaturated/α-hetero) is 1. The van der Waals surface area contributed by atoms with E-state index in [9.17, 15) is 14.4 Å². The first kappa shape index (κ1) is 18.1. The summed E-state index contributed by atoms with van der Waals surface area (Å²) < 4.78 is 0. The van der Waals surface area contributed by atoms with E-state index < -0.39 is 5.41 Å². The van der Waals surface area contributed by atoms with Crippen LogP contribution in [0.15, 0.2) is 48.5 Å². The number of halogens is 1. The summed E-state index contributed by atoms with van der Waals surface area (Å²) in [5, 5.41) is 6.21. The molecule has 0 aromatic heterocycles. The van der Waals surface area contributed by atoms with Crippen molar-refractivity contribution in [2.45, 2.75) is 26.3 Å². The van der Waals surface area contributed by atoms with Crippen LogP contribution in [0.25, 0.3) is 0 Å². The van der Waals surface area contributed by atoms with Crippen LogP contribution in [0.1, 0.15) is 35.7 Å². The van der Waals surface area contributed by atoms with Crippen LogP contribution < -0.4 is 10.6 Å². The van der Waals surface area contributed by atoms with E-state index in [1.807, 2.05) is 12.1 Å². The molecule has 0 heterocycles. The summed E-state index contributed by atoms with van der Waals surface area (Å²) in [6, 6.07) is 13.9. The van der Waals surface area contributed by atoms with Crippen molar-refractivity contribution in [2.75, 3.05) is 5.32 Å². The third-order valence-corrected chi connectivity index (χ3v) is 4.76. The Kier molecular flexibility index (Phi) is 5.09. The lowest BCUT2D eigenvalue weighted by molar-refractivity contribution is -0.134. The lowest BCUT2D eigenvalue weighted by atomic mass is 10.0. The quantitative estimate of drug-likeness (QED) is 0.602. The van der Waals surface area contributed by atoms with Gasteiger partial charge in [0, 0.05) is 22.8 Å². The molecule has 1 aliphatic rings. The fourth-order valence-electron chi connectivity index (χ4n) is 2.70. The molecule has 3 rings (SSSR count). The number of ketones is 1. The van der Waals surface area contributed by atoms with Crippen molar-refractivity contribution in [2.24, 2.45) is 5.41 Å². The van der Waals surface area contributed by atoms with Crippen LogP contribution in [-0.2, 0) is 16.1 Å². The van der Waals surface area contributed by atoms with Crippen LogP contribution in [0.5, 0.6) is 0 Å². The van der Waals surface area contributed by atoms with E-state index in [1.54, 1.807) is 36.4 Å². The van der Waals surface area contributed by atoms with E-state index in [0.29, 0.717) is 35.7 Å². The Bertz CT molecular complexity index is 858. The Balaban J connectivity index is 1.63. The fourth-order valence-corrected chi connectivity index (χ4v) is 2.83. The van der Waals surface area contributed by atoms with E-state index in [4.69, 9.17) is 11.6 Å². The molecule has 0 unspecified atom stereocenters. The average Bonchev–Trinajstić information content (AvgIpc) is 3.43. The molecule has 2 amide bonds. The van der Waals surface area contributed by atoms with Gasteiger partial charge < -0.3 is 10.6 Å². The van der Waals surface area contributed by atoms with Crippen LogP contribution in [-0.4, -0.2) is 17.6 Å². The van der Waals surface area contributed by atoms with Gasteiger partial charge in [-0.3, -0.25) is 14.4 Å². The minimum absolute atomic E-state index is 0.0806. The maximum atomic E-state index is 12.6. The van der Waals surface area contributed by atoms with Crippen LogP contribution in [0.2, 0.25) is 5.02 Å². The standard InChI is InChI=1S/C20H19ClN2O3/c1-13(24)15-3-2-4-17(11-15)23-19(26)20(9-10-20)18(25)22-12-14-5-7-16(21)8-6-14/h2-8,11H,9-10,12H2,1H3,(H,22,25)(H,23,26). The number of hydrogen-bond acceptors (Lipinski definition) is 3. The molecule has 2 N–H and O–H groups in total. The number of amides is 2. The zero-order valence-electron chi connectivity index (χ0n) is 14.3. The number of carbonyl (C=O) groups is 3. The van der Waals surface area contributed by atoms with Gasteiger partial charge in [-0.1, -0.05) is 35.9 Å². The molecule has 0 saturated heterocycles. The van der Waals surface area contributed by atoms with Crippen molar-refractivity contribution in [3.63, 3.8) is 0 Å². The highest BCUT2D eigenvalue weighted by Crippen LogP contribution is 2.47. The molecule has 2 aromatic carbocycles. The van der Waals surface area contributed by atoms with Gasteiger partial charge in [-0.15, -0.1) is 0 Å².